The minimum absolute atomic E-state index is 0.116. The summed E-state index contributed by atoms with van der Waals surface area (Å²) in [5.41, 5.74) is 2.12. The summed E-state index contributed by atoms with van der Waals surface area (Å²) in [5, 5.41) is 1.37. The van der Waals surface area contributed by atoms with Gasteiger partial charge in [0.2, 0.25) is 10.3 Å². The molecule has 3 rings (SSSR count). The number of alkyl halides is 1. The van der Waals surface area contributed by atoms with Crippen LogP contribution in [-0.4, -0.2) is 11.0 Å². The van der Waals surface area contributed by atoms with Gasteiger partial charge in [-0.15, -0.1) is 0 Å². The first-order chi connectivity index (χ1) is 9.99. The van der Waals surface area contributed by atoms with Crippen molar-refractivity contribution in [3.63, 3.8) is 0 Å². The first kappa shape index (κ1) is 14.9. The predicted octanol–water partition coefficient (Wildman–Crippen LogP) is 5.48. The molecule has 1 aliphatic heterocycles. The molecule has 21 heavy (non-hydrogen) atoms. The molecule has 0 spiro atoms. The third-order valence-corrected chi connectivity index (χ3v) is 4.26. The van der Waals surface area contributed by atoms with E-state index in [4.69, 9.17) is 46.4 Å². The molecule has 0 amide bonds. The van der Waals surface area contributed by atoms with E-state index in [1.165, 1.54) is 0 Å². The Bertz CT molecular complexity index is 735. The molecule has 1 atom stereocenters. The van der Waals surface area contributed by atoms with Crippen molar-refractivity contribution in [2.75, 3.05) is 0 Å². The fraction of sp³-hybridized carbons (Fsp3) is 0.0667. The van der Waals surface area contributed by atoms with Gasteiger partial charge in [0, 0.05) is 21.2 Å². The van der Waals surface area contributed by atoms with Crippen LogP contribution in [0.25, 0.3) is 0 Å². The van der Waals surface area contributed by atoms with E-state index in [2.05, 4.69) is 9.98 Å². The number of hydrogen-bond acceptors (Lipinski definition) is 2. The van der Waals surface area contributed by atoms with Gasteiger partial charge in [0.25, 0.3) is 0 Å². The standard InChI is InChI=1S/C15H8Cl4N2/c16-11-5-1-9(2-6-11)13-15(19,21-14(18)20-13)10-3-7-12(17)8-4-10/h1-8H. The van der Waals surface area contributed by atoms with Crippen LogP contribution in [0.3, 0.4) is 0 Å². The SMILES string of the molecule is ClC1=NC(Cl)(c2ccc(Cl)cc2)C(c2ccc(Cl)cc2)=N1. The first-order valence-electron chi connectivity index (χ1n) is 6.04. The van der Waals surface area contributed by atoms with E-state index in [0.717, 1.165) is 11.1 Å². The Kier molecular flexibility index (Phi) is 3.98. The van der Waals surface area contributed by atoms with Gasteiger partial charge in [-0.3, -0.25) is 0 Å². The van der Waals surface area contributed by atoms with Crippen LogP contribution in [0.1, 0.15) is 11.1 Å². The quantitative estimate of drug-likeness (QED) is 0.502. The Hall–Kier alpha value is -1.06. The number of halogens is 4. The molecule has 0 saturated carbocycles. The summed E-state index contributed by atoms with van der Waals surface area (Å²) in [6.07, 6.45) is 0. The maximum absolute atomic E-state index is 6.70. The highest BCUT2D eigenvalue weighted by Crippen LogP contribution is 2.39. The normalized spacial score (nSPS) is 21.1. The summed E-state index contributed by atoms with van der Waals surface area (Å²) >= 11 is 24.5. The lowest BCUT2D eigenvalue weighted by Crippen LogP contribution is -2.26. The van der Waals surface area contributed by atoms with E-state index in [1.54, 1.807) is 36.4 Å². The van der Waals surface area contributed by atoms with Gasteiger partial charge in [0.1, 0.15) is 0 Å². The maximum atomic E-state index is 6.70. The van der Waals surface area contributed by atoms with Gasteiger partial charge < -0.3 is 0 Å². The van der Waals surface area contributed by atoms with Crippen molar-refractivity contribution >= 4 is 57.4 Å². The third kappa shape index (κ3) is 2.82. The zero-order valence-electron chi connectivity index (χ0n) is 10.5. The molecule has 106 valence electrons. The number of aliphatic imine (C=N–C) groups is 2. The van der Waals surface area contributed by atoms with E-state index >= 15 is 0 Å². The largest absolute Gasteiger partial charge is 0.221 e. The molecule has 0 radical (unpaired) electrons. The molecule has 0 N–H and O–H groups in total. The van der Waals surface area contributed by atoms with E-state index < -0.39 is 5.00 Å². The van der Waals surface area contributed by atoms with E-state index in [-0.39, 0.29) is 5.29 Å². The fourth-order valence-electron chi connectivity index (χ4n) is 2.11. The van der Waals surface area contributed by atoms with Gasteiger partial charge in [0.05, 0.1) is 5.71 Å². The fourth-order valence-corrected chi connectivity index (χ4v) is 2.97. The van der Waals surface area contributed by atoms with Crippen LogP contribution in [0.15, 0.2) is 58.5 Å². The minimum atomic E-state index is -1.16. The topological polar surface area (TPSA) is 24.7 Å². The highest BCUT2D eigenvalue weighted by molar-refractivity contribution is 6.67. The molecule has 1 unspecified atom stereocenters. The van der Waals surface area contributed by atoms with Gasteiger partial charge in [0.15, 0.2) is 0 Å². The van der Waals surface area contributed by atoms with Crippen molar-refractivity contribution in [3.8, 4) is 0 Å². The van der Waals surface area contributed by atoms with Gasteiger partial charge in [-0.05, 0) is 35.9 Å². The number of benzene rings is 2. The second-order valence-electron chi connectivity index (χ2n) is 4.48. The van der Waals surface area contributed by atoms with Gasteiger partial charge in [-0.2, -0.15) is 0 Å². The van der Waals surface area contributed by atoms with Crippen LogP contribution in [0.2, 0.25) is 10.0 Å². The van der Waals surface area contributed by atoms with Gasteiger partial charge >= 0.3 is 0 Å². The highest BCUT2D eigenvalue weighted by atomic mass is 35.5. The molecule has 0 fully saturated rings. The second kappa shape index (κ2) is 5.62. The van der Waals surface area contributed by atoms with Crippen molar-refractivity contribution in [1.82, 2.24) is 0 Å². The Morgan fingerprint density at radius 1 is 0.762 bits per heavy atom. The van der Waals surface area contributed by atoms with E-state index in [1.807, 2.05) is 12.1 Å². The van der Waals surface area contributed by atoms with Crippen molar-refractivity contribution in [2.45, 2.75) is 5.00 Å². The molecule has 0 aliphatic carbocycles. The first-order valence-corrected chi connectivity index (χ1v) is 7.55. The highest BCUT2D eigenvalue weighted by Gasteiger charge is 2.40. The predicted molar refractivity (Wildman–Crippen MR) is 90.3 cm³/mol. The summed E-state index contributed by atoms with van der Waals surface area (Å²) in [6.45, 7) is 0. The molecule has 0 aromatic heterocycles. The molecule has 1 heterocycles. The smallest absolute Gasteiger partial charge is 0.220 e. The van der Waals surface area contributed by atoms with E-state index in [0.29, 0.717) is 15.8 Å². The van der Waals surface area contributed by atoms with Gasteiger partial charge in [-0.1, -0.05) is 59.1 Å². The monoisotopic (exact) mass is 356 g/mol. The van der Waals surface area contributed by atoms with Crippen molar-refractivity contribution < 1.29 is 0 Å². The molecule has 2 nitrogen and oxygen atoms in total. The van der Waals surface area contributed by atoms with Crippen LogP contribution < -0.4 is 0 Å². The lowest BCUT2D eigenvalue weighted by molar-refractivity contribution is 0.887. The second-order valence-corrected chi connectivity index (χ2v) is 6.24. The Morgan fingerprint density at radius 3 is 1.86 bits per heavy atom. The molecular weight excluding hydrogens is 350 g/mol. The van der Waals surface area contributed by atoms with Crippen molar-refractivity contribution in [3.05, 3.63) is 69.7 Å². The molecule has 6 heteroatoms. The van der Waals surface area contributed by atoms with E-state index in [9.17, 15) is 0 Å². The summed E-state index contributed by atoms with van der Waals surface area (Å²) < 4.78 is 0. The molecular formula is C15H8Cl4N2. The Balaban J connectivity index is 2.10. The maximum Gasteiger partial charge on any atom is 0.220 e. The van der Waals surface area contributed by atoms with Crippen LogP contribution in [0, 0.1) is 0 Å². The van der Waals surface area contributed by atoms with Crippen molar-refractivity contribution in [1.29, 1.82) is 0 Å². The van der Waals surface area contributed by atoms with Crippen LogP contribution in [0.5, 0.6) is 0 Å². The average molecular weight is 358 g/mol. The average Bonchev–Trinajstić information content (AvgIpc) is 2.76. The third-order valence-electron chi connectivity index (χ3n) is 3.11. The van der Waals surface area contributed by atoms with Crippen LogP contribution >= 0.6 is 46.4 Å². The summed E-state index contributed by atoms with van der Waals surface area (Å²) in [5.74, 6) is 0. The number of amidine groups is 1. The number of rotatable bonds is 2. The van der Waals surface area contributed by atoms with Crippen molar-refractivity contribution in [2.24, 2.45) is 9.98 Å². The van der Waals surface area contributed by atoms with Gasteiger partial charge in [-0.25, -0.2) is 9.98 Å². The molecule has 2 aromatic carbocycles. The Morgan fingerprint density at radius 2 is 1.29 bits per heavy atom. The molecule has 0 bridgehead atoms. The minimum Gasteiger partial charge on any atom is -0.221 e. The zero-order valence-corrected chi connectivity index (χ0v) is 13.5. The van der Waals surface area contributed by atoms with Crippen LogP contribution in [0.4, 0.5) is 0 Å². The lowest BCUT2D eigenvalue weighted by Gasteiger charge is -2.21. The number of hydrogen-bond donors (Lipinski definition) is 0. The Labute approximate surface area is 142 Å². The zero-order chi connectivity index (χ0) is 15.0. The summed E-state index contributed by atoms with van der Waals surface area (Å²) in [6, 6.07) is 14.3. The molecule has 1 aliphatic rings. The summed E-state index contributed by atoms with van der Waals surface area (Å²) in [7, 11) is 0. The molecule has 0 saturated heterocycles. The number of nitrogens with zero attached hydrogens (tertiary/aromatic N) is 2. The molecule has 2 aromatic rings. The van der Waals surface area contributed by atoms with Crippen LogP contribution in [-0.2, 0) is 5.00 Å². The lowest BCUT2D eigenvalue weighted by atomic mass is 9.97. The summed E-state index contributed by atoms with van der Waals surface area (Å²) in [4.78, 5) is 7.38.